The molecule has 1 fully saturated rings. The van der Waals surface area contributed by atoms with Crippen molar-refractivity contribution in [1.82, 2.24) is 20.2 Å². The van der Waals surface area contributed by atoms with E-state index in [9.17, 15) is 9.90 Å². The van der Waals surface area contributed by atoms with Crippen LogP contribution in [-0.2, 0) is 11.3 Å². The van der Waals surface area contributed by atoms with Gasteiger partial charge < -0.3 is 5.11 Å². The minimum Gasteiger partial charge on any atom is -0.481 e. The third kappa shape index (κ3) is 3.52. The zero-order valence-electron chi connectivity index (χ0n) is 12.0. The van der Waals surface area contributed by atoms with Gasteiger partial charge in [0.2, 0.25) is 0 Å². The Morgan fingerprint density at radius 3 is 2.63 bits per heavy atom. The lowest BCUT2D eigenvalue weighted by molar-refractivity contribution is -0.143. The van der Waals surface area contributed by atoms with Crippen LogP contribution in [0.3, 0.4) is 0 Å². The number of aromatic nitrogens is 4. The summed E-state index contributed by atoms with van der Waals surface area (Å²) in [6, 6.07) is 0. The van der Waals surface area contributed by atoms with Gasteiger partial charge in [0.1, 0.15) is 0 Å². The number of aliphatic carboxylic acids is 1. The molecule has 6 nitrogen and oxygen atoms in total. The summed E-state index contributed by atoms with van der Waals surface area (Å²) in [5, 5.41) is 21.1. The highest BCUT2D eigenvalue weighted by Crippen LogP contribution is 2.45. The summed E-state index contributed by atoms with van der Waals surface area (Å²) in [5.74, 6) is 0.624. The summed E-state index contributed by atoms with van der Waals surface area (Å²) >= 11 is 0. The molecule has 1 aliphatic carbocycles. The number of hydrogen-bond donors (Lipinski definition) is 1. The highest BCUT2D eigenvalue weighted by molar-refractivity contribution is 5.69. The van der Waals surface area contributed by atoms with E-state index in [2.05, 4.69) is 22.4 Å². The Morgan fingerprint density at radius 2 is 2.16 bits per heavy atom. The number of carbonyl (C=O) groups is 1. The monoisotopic (exact) mass is 266 g/mol. The van der Waals surface area contributed by atoms with E-state index in [0.717, 1.165) is 12.2 Å². The lowest BCUT2D eigenvalue weighted by atomic mass is 9.84. The summed E-state index contributed by atoms with van der Waals surface area (Å²) in [7, 11) is 0. The normalized spacial score (nSPS) is 24.2. The van der Waals surface area contributed by atoms with Crippen LogP contribution in [0.25, 0.3) is 0 Å². The second-order valence-corrected chi connectivity index (χ2v) is 6.84. The predicted molar refractivity (Wildman–Crippen MR) is 69.5 cm³/mol. The van der Waals surface area contributed by atoms with Crippen molar-refractivity contribution in [3.05, 3.63) is 5.82 Å². The number of carboxylic acids is 1. The Labute approximate surface area is 113 Å². The third-order valence-corrected chi connectivity index (χ3v) is 3.60. The molecule has 0 radical (unpaired) electrons. The minimum absolute atomic E-state index is 0.0237. The highest BCUT2D eigenvalue weighted by Gasteiger charge is 2.39. The Kier molecular flexibility index (Phi) is 3.60. The van der Waals surface area contributed by atoms with Gasteiger partial charge in [-0.15, -0.1) is 5.10 Å². The summed E-state index contributed by atoms with van der Waals surface area (Å²) in [6.45, 7) is 8.66. The molecule has 19 heavy (non-hydrogen) atoms. The van der Waals surface area contributed by atoms with Crippen LogP contribution in [0.4, 0.5) is 0 Å². The molecule has 1 heterocycles. The molecular weight excluding hydrogens is 244 g/mol. The quantitative estimate of drug-likeness (QED) is 0.880. The number of carboxylic acid groups (broad SMARTS) is 1. The molecule has 3 atom stereocenters. The van der Waals surface area contributed by atoms with Gasteiger partial charge in [-0.05, 0) is 34.6 Å². The maximum absolute atomic E-state index is 11.4. The van der Waals surface area contributed by atoms with Crippen LogP contribution >= 0.6 is 0 Å². The van der Waals surface area contributed by atoms with E-state index in [4.69, 9.17) is 0 Å². The van der Waals surface area contributed by atoms with Crippen molar-refractivity contribution in [2.75, 3.05) is 0 Å². The second-order valence-electron chi connectivity index (χ2n) is 6.84. The van der Waals surface area contributed by atoms with Crippen LogP contribution in [-0.4, -0.2) is 31.3 Å². The topological polar surface area (TPSA) is 80.9 Å². The molecule has 0 saturated heterocycles. The van der Waals surface area contributed by atoms with E-state index in [1.165, 1.54) is 0 Å². The van der Waals surface area contributed by atoms with Gasteiger partial charge in [0.25, 0.3) is 0 Å². The molecule has 0 spiro atoms. The van der Waals surface area contributed by atoms with Crippen LogP contribution in [0.1, 0.15) is 52.3 Å². The minimum atomic E-state index is -0.778. The molecule has 1 aromatic heterocycles. The first kappa shape index (κ1) is 14.0. The van der Waals surface area contributed by atoms with Crippen molar-refractivity contribution in [2.24, 2.45) is 17.3 Å². The molecule has 1 saturated carbocycles. The molecule has 1 aromatic rings. The highest BCUT2D eigenvalue weighted by atomic mass is 16.4. The van der Waals surface area contributed by atoms with Gasteiger partial charge in [-0.3, -0.25) is 4.79 Å². The van der Waals surface area contributed by atoms with Crippen LogP contribution in [0.5, 0.6) is 0 Å². The Morgan fingerprint density at radius 1 is 1.53 bits per heavy atom. The van der Waals surface area contributed by atoms with E-state index in [0.29, 0.717) is 24.8 Å². The Balaban J connectivity index is 2.09. The SMILES string of the molecule is CC1CC1c1nnnn1CC(CC(C)(C)C)C(=O)O. The Bertz CT molecular complexity index is 463. The molecule has 3 unspecified atom stereocenters. The Hall–Kier alpha value is -1.46. The van der Waals surface area contributed by atoms with Crippen LogP contribution in [0, 0.1) is 17.3 Å². The third-order valence-electron chi connectivity index (χ3n) is 3.60. The van der Waals surface area contributed by atoms with Gasteiger partial charge >= 0.3 is 5.97 Å². The molecule has 106 valence electrons. The number of hydrogen-bond acceptors (Lipinski definition) is 4. The predicted octanol–water partition coefficient (Wildman–Crippen LogP) is 1.93. The van der Waals surface area contributed by atoms with E-state index in [1.54, 1.807) is 4.68 Å². The van der Waals surface area contributed by atoms with Crippen molar-refractivity contribution >= 4 is 5.97 Å². The van der Waals surface area contributed by atoms with Gasteiger partial charge in [0.05, 0.1) is 12.5 Å². The van der Waals surface area contributed by atoms with Crippen molar-refractivity contribution in [1.29, 1.82) is 0 Å². The van der Waals surface area contributed by atoms with Gasteiger partial charge in [0, 0.05) is 5.92 Å². The first-order valence-electron chi connectivity index (χ1n) is 6.77. The summed E-state index contributed by atoms with van der Waals surface area (Å²) in [6.07, 6.45) is 1.71. The fraction of sp³-hybridized carbons (Fsp3) is 0.846. The van der Waals surface area contributed by atoms with Crippen molar-refractivity contribution in [3.8, 4) is 0 Å². The van der Waals surface area contributed by atoms with Gasteiger partial charge in [-0.1, -0.05) is 27.7 Å². The molecule has 0 aliphatic heterocycles. The molecule has 0 bridgehead atoms. The van der Waals surface area contributed by atoms with E-state index in [1.807, 2.05) is 20.8 Å². The fourth-order valence-corrected chi connectivity index (χ4v) is 2.47. The van der Waals surface area contributed by atoms with Crippen LogP contribution in [0.15, 0.2) is 0 Å². The largest absolute Gasteiger partial charge is 0.481 e. The number of nitrogens with zero attached hydrogens (tertiary/aromatic N) is 4. The summed E-state index contributed by atoms with van der Waals surface area (Å²) in [5.41, 5.74) is -0.0237. The summed E-state index contributed by atoms with van der Waals surface area (Å²) < 4.78 is 1.68. The van der Waals surface area contributed by atoms with E-state index < -0.39 is 11.9 Å². The second kappa shape index (κ2) is 4.90. The maximum Gasteiger partial charge on any atom is 0.308 e. The number of tetrazole rings is 1. The average Bonchev–Trinajstić information content (AvgIpc) is 2.81. The zero-order chi connectivity index (χ0) is 14.2. The standard InChI is InChI=1S/C13H22N4O2/c1-8-5-10(8)11-14-15-16-17(11)7-9(12(18)19)6-13(2,3)4/h8-10H,5-7H2,1-4H3,(H,18,19). The van der Waals surface area contributed by atoms with Gasteiger partial charge in [-0.25, -0.2) is 4.68 Å². The molecule has 0 amide bonds. The van der Waals surface area contributed by atoms with Crippen molar-refractivity contribution < 1.29 is 9.90 Å². The average molecular weight is 266 g/mol. The lowest BCUT2D eigenvalue weighted by Crippen LogP contribution is -2.26. The van der Waals surface area contributed by atoms with E-state index >= 15 is 0 Å². The van der Waals surface area contributed by atoms with Crippen molar-refractivity contribution in [2.45, 2.75) is 53.0 Å². The molecule has 2 rings (SSSR count). The van der Waals surface area contributed by atoms with Crippen LogP contribution < -0.4 is 0 Å². The first-order chi connectivity index (χ1) is 8.78. The first-order valence-corrected chi connectivity index (χ1v) is 6.77. The molecular formula is C13H22N4O2. The van der Waals surface area contributed by atoms with Crippen molar-refractivity contribution in [3.63, 3.8) is 0 Å². The zero-order valence-corrected chi connectivity index (χ0v) is 12.0. The fourth-order valence-electron chi connectivity index (χ4n) is 2.47. The molecule has 1 N–H and O–H groups in total. The summed E-state index contributed by atoms with van der Waals surface area (Å²) in [4.78, 5) is 11.4. The molecule has 1 aliphatic rings. The van der Waals surface area contributed by atoms with E-state index in [-0.39, 0.29) is 5.41 Å². The number of rotatable bonds is 5. The molecule has 6 heteroatoms. The lowest BCUT2D eigenvalue weighted by Gasteiger charge is -2.23. The molecule has 0 aromatic carbocycles. The smallest absolute Gasteiger partial charge is 0.308 e. The van der Waals surface area contributed by atoms with Crippen LogP contribution in [0.2, 0.25) is 0 Å². The van der Waals surface area contributed by atoms with Gasteiger partial charge in [0.15, 0.2) is 5.82 Å². The maximum atomic E-state index is 11.4. The van der Waals surface area contributed by atoms with Gasteiger partial charge in [-0.2, -0.15) is 0 Å².